The molecule has 0 saturated carbocycles. The number of hydrogen-bond acceptors (Lipinski definition) is 4. The Hall–Kier alpha value is -2.54. The molecule has 1 aromatic carbocycles. The van der Waals surface area contributed by atoms with Crippen LogP contribution in [0.1, 0.15) is 100 Å². The summed E-state index contributed by atoms with van der Waals surface area (Å²) < 4.78 is 37.8. The van der Waals surface area contributed by atoms with Gasteiger partial charge in [0.2, 0.25) is 0 Å². The highest BCUT2D eigenvalue weighted by molar-refractivity contribution is 6.31. The molecule has 8 heteroatoms. The van der Waals surface area contributed by atoms with Crippen LogP contribution in [0.3, 0.4) is 0 Å². The van der Waals surface area contributed by atoms with Crippen molar-refractivity contribution in [2.24, 2.45) is 0 Å². The van der Waals surface area contributed by atoms with Crippen molar-refractivity contribution < 1.29 is 13.2 Å². The third kappa shape index (κ3) is 11.2. The summed E-state index contributed by atoms with van der Waals surface area (Å²) in [5.74, 6) is 1.73. The Labute approximate surface area is 213 Å². The molecule has 3 rings (SSSR count). The van der Waals surface area contributed by atoms with E-state index in [-0.39, 0.29) is 23.9 Å². The van der Waals surface area contributed by atoms with Crippen molar-refractivity contribution in [3.05, 3.63) is 81.7 Å². The standard InChI is InChI=1S/C10H10ClF3.2C8H12N2.CH4/c1-6(2)7-4-3-5-8(11)9(7)10(12,13)14;1-6(2)8-4-9-7(3)10-5-8;1-6(2)8-4-7(3)10-9-5-8;/h3-6H,1-2H3;2*4-6H,1-3H3;1H4. The minimum absolute atomic E-state index is 0. The molecule has 0 aliphatic heterocycles. The van der Waals surface area contributed by atoms with Crippen LogP contribution in [0.2, 0.25) is 5.02 Å². The number of alkyl halides is 3. The molecular weight excluding hydrogens is 473 g/mol. The molecule has 0 fully saturated rings. The minimum atomic E-state index is -4.38. The van der Waals surface area contributed by atoms with E-state index in [1.807, 2.05) is 32.4 Å². The molecule has 0 amide bonds. The summed E-state index contributed by atoms with van der Waals surface area (Å²) >= 11 is 5.54. The largest absolute Gasteiger partial charge is 0.418 e. The summed E-state index contributed by atoms with van der Waals surface area (Å²) in [6.45, 7) is 15.8. The highest BCUT2D eigenvalue weighted by atomic mass is 35.5. The van der Waals surface area contributed by atoms with Gasteiger partial charge in [-0.05, 0) is 60.4 Å². The lowest BCUT2D eigenvalue weighted by atomic mass is 9.97. The zero-order valence-corrected chi connectivity index (χ0v) is 21.8. The first-order chi connectivity index (χ1) is 15.7. The number of hydrogen-bond donors (Lipinski definition) is 0. The zero-order valence-electron chi connectivity index (χ0n) is 21.1. The van der Waals surface area contributed by atoms with Gasteiger partial charge in [0.15, 0.2) is 0 Å². The monoisotopic (exact) mass is 510 g/mol. The van der Waals surface area contributed by atoms with Gasteiger partial charge < -0.3 is 0 Å². The first-order valence-corrected chi connectivity index (χ1v) is 11.5. The molecule has 0 radical (unpaired) electrons. The maximum absolute atomic E-state index is 12.6. The fraction of sp³-hybridized carbons (Fsp3) is 0.481. The summed E-state index contributed by atoms with van der Waals surface area (Å²) in [5.41, 5.74) is 2.98. The number of aryl methyl sites for hydroxylation is 2. The van der Waals surface area contributed by atoms with Crippen LogP contribution in [-0.2, 0) is 6.18 Å². The molecule has 0 saturated heterocycles. The van der Waals surface area contributed by atoms with Crippen LogP contribution in [-0.4, -0.2) is 20.2 Å². The Morgan fingerprint density at radius 2 is 1.34 bits per heavy atom. The molecule has 3 aromatic rings. The van der Waals surface area contributed by atoms with E-state index in [4.69, 9.17) is 11.6 Å². The second-order valence-electron chi connectivity index (χ2n) is 8.86. The molecule has 0 bridgehead atoms. The van der Waals surface area contributed by atoms with Gasteiger partial charge in [-0.15, -0.1) is 0 Å². The summed E-state index contributed by atoms with van der Waals surface area (Å²) in [6, 6.07) is 6.32. The van der Waals surface area contributed by atoms with Crippen molar-refractivity contribution in [3.8, 4) is 0 Å². The van der Waals surface area contributed by atoms with Gasteiger partial charge in [-0.2, -0.15) is 23.4 Å². The Bertz CT molecular complexity index is 1020. The van der Waals surface area contributed by atoms with Crippen LogP contribution in [0.4, 0.5) is 13.2 Å². The highest BCUT2D eigenvalue weighted by Crippen LogP contribution is 2.39. The molecule has 0 aliphatic carbocycles. The predicted octanol–water partition coefficient (Wildman–Crippen LogP) is 8.94. The van der Waals surface area contributed by atoms with E-state index < -0.39 is 11.7 Å². The maximum atomic E-state index is 12.6. The third-order valence-electron chi connectivity index (χ3n) is 4.88. The maximum Gasteiger partial charge on any atom is 0.418 e. The van der Waals surface area contributed by atoms with Crippen LogP contribution < -0.4 is 0 Å². The molecule has 194 valence electrons. The summed E-state index contributed by atoms with van der Waals surface area (Å²) in [7, 11) is 0. The van der Waals surface area contributed by atoms with Gasteiger partial charge in [0.05, 0.1) is 22.5 Å². The molecule has 0 spiro atoms. The van der Waals surface area contributed by atoms with Crippen molar-refractivity contribution in [1.82, 2.24) is 20.2 Å². The van der Waals surface area contributed by atoms with Crippen molar-refractivity contribution in [3.63, 3.8) is 0 Å². The molecule has 35 heavy (non-hydrogen) atoms. The van der Waals surface area contributed by atoms with Crippen LogP contribution >= 0.6 is 11.6 Å². The average Bonchev–Trinajstić information content (AvgIpc) is 2.74. The Balaban J connectivity index is 0.000000499. The van der Waals surface area contributed by atoms with Gasteiger partial charge in [-0.3, -0.25) is 0 Å². The predicted molar refractivity (Wildman–Crippen MR) is 139 cm³/mol. The lowest BCUT2D eigenvalue weighted by molar-refractivity contribution is -0.138. The topological polar surface area (TPSA) is 51.6 Å². The average molecular weight is 511 g/mol. The Morgan fingerprint density at radius 3 is 1.71 bits per heavy atom. The fourth-order valence-electron chi connectivity index (χ4n) is 2.83. The number of halogens is 4. The van der Waals surface area contributed by atoms with E-state index >= 15 is 0 Å². The second kappa shape index (κ2) is 14.8. The smallest absolute Gasteiger partial charge is 0.241 e. The Kier molecular flexibility index (Phi) is 13.7. The van der Waals surface area contributed by atoms with Crippen molar-refractivity contribution >= 4 is 11.6 Å². The van der Waals surface area contributed by atoms with Gasteiger partial charge in [0, 0.05) is 12.4 Å². The first-order valence-electron chi connectivity index (χ1n) is 11.2. The van der Waals surface area contributed by atoms with Crippen molar-refractivity contribution in [2.75, 3.05) is 0 Å². The van der Waals surface area contributed by atoms with Gasteiger partial charge in [-0.25, -0.2) is 9.97 Å². The van der Waals surface area contributed by atoms with Gasteiger partial charge in [-0.1, -0.05) is 72.7 Å². The fourth-order valence-corrected chi connectivity index (χ4v) is 3.12. The van der Waals surface area contributed by atoms with Crippen LogP contribution in [0.25, 0.3) is 0 Å². The summed E-state index contributed by atoms with van der Waals surface area (Å²) in [5, 5.41) is 7.50. The van der Waals surface area contributed by atoms with Crippen molar-refractivity contribution in [1.29, 1.82) is 0 Å². The van der Waals surface area contributed by atoms with Crippen LogP contribution in [0, 0.1) is 13.8 Å². The van der Waals surface area contributed by atoms with Crippen LogP contribution in [0.5, 0.6) is 0 Å². The molecule has 2 aromatic heterocycles. The van der Waals surface area contributed by atoms with E-state index in [0.29, 0.717) is 11.8 Å². The van der Waals surface area contributed by atoms with E-state index in [1.54, 1.807) is 13.8 Å². The Morgan fingerprint density at radius 1 is 0.800 bits per heavy atom. The first kappa shape index (κ1) is 32.5. The van der Waals surface area contributed by atoms with Crippen molar-refractivity contribution in [2.45, 2.75) is 86.7 Å². The molecule has 2 heterocycles. The quantitative estimate of drug-likeness (QED) is 0.353. The van der Waals surface area contributed by atoms with Crippen LogP contribution in [0.15, 0.2) is 42.9 Å². The lowest BCUT2D eigenvalue weighted by Gasteiger charge is -2.16. The third-order valence-corrected chi connectivity index (χ3v) is 5.20. The van der Waals surface area contributed by atoms with Gasteiger partial charge in [0.25, 0.3) is 0 Å². The molecule has 0 N–H and O–H groups in total. The number of aromatic nitrogens is 4. The van der Waals surface area contributed by atoms with Gasteiger partial charge >= 0.3 is 6.18 Å². The minimum Gasteiger partial charge on any atom is -0.241 e. The molecular formula is C27H38ClF3N4. The second-order valence-corrected chi connectivity index (χ2v) is 9.27. The summed E-state index contributed by atoms with van der Waals surface area (Å²) in [6.07, 6.45) is 1.20. The molecule has 0 atom stereocenters. The van der Waals surface area contributed by atoms with Gasteiger partial charge in [0.1, 0.15) is 5.82 Å². The number of benzene rings is 1. The molecule has 0 aliphatic rings. The van der Waals surface area contributed by atoms with E-state index in [2.05, 4.69) is 53.9 Å². The normalized spacial score (nSPS) is 10.8. The number of rotatable bonds is 3. The molecule has 0 unspecified atom stereocenters. The number of nitrogens with zero attached hydrogens (tertiary/aromatic N) is 4. The molecule has 4 nitrogen and oxygen atoms in total. The summed E-state index contributed by atoms with van der Waals surface area (Å²) in [4.78, 5) is 8.18. The highest BCUT2D eigenvalue weighted by Gasteiger charge is 2.36. The zero-order chi connectivity index (χ0) is 26.1. The lowest BCUT2D eigenvalue weighted by Crippen LogP contribution is -2.10. The van der Waals surface area contributed by atoms with E-state index in [1.165, 1.54) is 29.3 Å². The van der Waals surface area contributed by atoms with E-state index in [9.17, 15) is 13.2 Å². The SMILES string of the molecule is C.CC(C)c1cccc(Cl)c1C(F)(F)F.Cc1cc(C(C)C)cnn1.Cc1ncc(C(C)C)cn1. The van der Waals surface area contributed by atoms with E-state index in [0.717, 1.165) is 11.5 Å².